The lowest BCUT2D eigenvalue weighted by molar-refractivity contribution is -0.141. The molecule has 3 aliphatic rings. The van der Waals surface area contributed by atoms with Crippen LogP contribution in [0.2, 0.25) is 0 Å². The van der Waals surface area contributed by atoms with Gasteiger partial charge in [-0.3, -0.25) is 4.79 Å². The van der Waals surface area contributed by atoms with E-state index in [-0.39, 0.29) is 47.7 Å². The summed E-state index contributed by atoms with van der Waals surface area (Å²) in [5, 5.41) is 6.82. The highest BCUT2D eigenvalue weighted by Crippen LogP contribution is 2.44. The van der Waals surface area contributed by atoms with Gasteiger partial charge in [0.2, 0.25) is 5.91 Å². The van der Waals surface area contributed by atoms with Gasteiger partial charge in [0.05, 0.1) is 5.92 Å². The first-order chi connectivity index (χ1) is 25.5. The largest absolute Gasteiger partial charge is 0.444 e. The van der Waals surface area contributed by atoms with E-state index in [2.05, 4.69) is 87.8 Å². The number of anilines is 1. The Bertz CT molecular complexity index is 1820. The summed E-state index contributed by atoms with van der Waals surface area (Å²) in [6.45, 7) is 13.3. The van der Waals surface area contributed by atoms with Crippen LogP contribution >= 0.6 is 0 Å². The van der Waals surface area contributed by atoms with E-state index in [1.54, 1.807) is 12.0 Å². The van der Waals surface area contributed by atoms with Crippen molar-refractivity contribution in [3.05, 3.63) is 84.1 Å². The maximum atomic E-state index is 15.1. The van der Waals surface area contributed by atoms with Crippen molar-refractivity contribution in [3.8, 4) is 0 Å². The summed E-state index contributed by atoms with van der Waals surface area (Å²) in [6, 6.07) is 16.4. The van der Waals surface area contributed by atoms with E-state index in [1.807, 2.05) is 39.8 Å². The summed E-state index contributed by atoms with van der Waals surface area (Å²) in [5.41, 5.74) is 4.70. The Balaban J connectivity index is 1.27. The van der Waals surface area contributed by atoms with Gasteiger partial charge in [0.15, 0.2) is 0 Å². The molecular weight excluding hydrogens is 667 g/mol. The molecule has 284 valence electrons. The number of ether oxygens (including phenoxy) is 2. The normalized spacial score (nSPS) is 21.6. The minimum atomic E-state index is -0.629. The van der Waals surface area contributed by atoms with E-state index in [0.717, 1.165) is 42.6 Å². The van der Waals surface area contributed by atoms with E-state index < -0.39 is 5.60 Å². The molecule has 0 radical (unpaired) electrons. The Kier molecular flexibility index (Phi) is 12.0. The number of carbonyl (C=O) groups excluding carboxylic acids is 3. The van der Waals surface area contributed by atoms with Crippen LogP contribution in [-0.2, 0) is 27.4 Å². The van der Waals surface area contributed by atoms with Gasteiger partial charge in [0.1, 0.15) is 5.60 Å². The summed E-state index contributed by atoms with van der Waals surface area (Å²) in [5.74, 6) is 0.00887. The third-order valence-electron chi connectivity index (χ3n) is 10.9. The number of fused-ring (bicyclic) bond motifs is 1. The van der Waals surface area contributed by atoms with Crippen molar-refractivity contribution in [2.45, 2.75) is 85.0 Å². The zero-order valence-corrected chi connectivity index (χ0v) is 32.3. The van der Waals surface area contributed by atoms with Crippen molar-refractivity contribution in [1.29, 1.82) is 0 Å². The van der Waals surface area contributed by atoms with Crippen molar-refractivity contribution in [1.82, 2.24) is 19.7 Å². The quantitative estimate of drug-likeness (QED) is 0.184. The Labute approximate surface area is 314 Å². The van der Waals surface area contributed by atoms with E-state index in [4.69, 9.17) is 9.47 Å². The molecule has 2 aromatic carbocycles. The fourth-order valence-corrected chi connectivity index (χ4v) is 8.13. The second-order valence-electron chi connectivity index (χ2n) is 15.8. The SMILES string of the molecule is CCNC(=O)Nc1ccc(C2=CC=CC([C@H]3CCN(C(=O)OC(C)(C)C)C[C@@H]3C(=O)N(Cc3cn(CCCOC)c4ccccc34)C3CC3)C2C)cc1. The van der Waals surface area contributed by atoms with Gasteiger partial charge in [-0.15, -0.1) is 0 Å². The molecule has 1 saturated carbocycles. The molecule has 2 heterocycles. The maximum absolute atomic E-state index is 15.1. The van der Waals surface area contributed by atoms with Crippen LogP contribution in [0.5, 0.6) is 0 Å². The highest BCUT2D eigenvalue weighted by Gasteiger charge is 2.46. The fourth-order valence-electron chi connectivity index (χ4n) is 8.13. The molecular formula is C43H57N5O5. The third kappa shape index (κ3) is 9.15. The highest BCUT2D eigenvalue weighted by molar-refractivity contribution is 5.89. The van der Waals surface area contributed by atoms with E-state index in [9.17, 15) is 9.59 Å². The summed E-state index contributed by atoms with van der Waals surface area (Å²) < 4.78 is 13.5. The summed E-state index contributed by atoms with van der Waals surface area (Å²) in [4.78, 5) is 44.5. The number of benzene rings is 2. The standard InChI is InChI=1S/C43H57N5O5/c1-7-44-41(50)45-32-18-16-30(17-19-32)34-13-10-14-35(29(34)2)37-22-24-47(42(51)53-43(3,4)5)28-38(37)40(49)48(33-20-21-33)27-31-26-46(23-11-25-52-6)39-15-9-8-12-36(31)39/h8-10,12-19,26,29,33,35,37-38H,7,11,20-25,27-28H2,1-6H3,(H2,44,45,50)/t29?,35?,37-,38+/m1/s1. The van der Waals surface area contributed by atoms with E-state index in [0.29, 0.717) is 39.2 Å². The zero-order chi connectivity index (χ0) is 37.7. The van der Waals surface area contributed by atoms with Crippen LogP contribution in [0.4, 0.5) is 15.3 Å². The second kappa shape index (κ2) is 16.6. The number of likely N-dealkylation sites (tertiary alicyclic amines) is 1. The van der Waals surface area contributed by atoms with Crippen molar-refractivity contribution in [3.63, 3.8) is 0 Å². The molecule has 6 rings (SSSR count). The molecule has 4 amide bonds. The lowest BCUT2D eigenvalue weighted by atomic mass is 9.67. The predicted octanol–water partition coefficient (Wildman–Crippen LogP) is 8.09. The van der Waals surface area contributed by atoms with Gasteiger partial charge in [-0.2, -0.15) is 0 Å². The molecule has 1 aliphatic heterocycles. The molecule has 3 aromatic rings. The van der Waals surface area contributed by atoms with Crippen LogP contribution in [0.3, 0.4) is 0 Å². The van der Waals surface area contributed by atoms with Gasteiger partial charge in [0, 0.05) is 75.3 Å². The monoisotopic (exact) mass is 723 g/mol. The van der Waals surface area contributed by atoms with Gasteiger partial charge in [-0.25, -0.2) is 9.59 Å². The van der Waals surface area contributed by atoms with Crippen molar-refractivity contribution < 1.29 is 23.9 Å². The number of carbonyl (C=O) groups is 3. The molecule has 4 atom stereocenters. The first-order valence-electron chi connectivity index (χ1n) is 19.3. The molecule has 2 aliphatic carbocycles. The zero-order valence-electron chi connectivity index (χ0n) is 32.3. The number of urea groups is 1. The number of aromatic nitrogens is 1. The van der Waals surface area contributed by atoms with Crippen LogP contribution < -0.4 is 10.6 Å². The number of methoxy groups -OCH3 is 1. The number of nitrogens with one attached hydrogen (secondary N) is 2. The number of allylic oxidation sites excluding steroid dienone is 4. The lowest BCUT2D eigenvalue weighted by Gasteiger charge is -2.44. The van der Waals surface area contributed by atoms with Crippen LogP contribution in [0.1, 0.15) is 71.4 Å². The van der Waals surface area contributed by atoms with Crippen LogP contribution in [-0.4, -0.2) is 77.4 Å². The molecule has 1 aromatic heterocycles. The molecule has 0 spiro atoms. The molecule has 53 heavy (non-hydrogen) atoms. The van der Waals surface area contributed by atoms with Crippen LogP contribution in [0.25, 0.3) is 16.5 Å². The number of piperidine rings is 1. The summed E-state index contributed by atoms with van der Waals surface area (Å²) in [7, 11) is 1.73. The van der Waals surface area contributed by atoms with Gasteiger partial charge in [-0.05, 0) is 106 Å². The number of hydrogen-bond donors (Lipinski definition) is 2. The molecule has 1 saturated heterocycles. The number of para-hydroxylation sites is 1. The molecule has 0 bridgehead atoms. The molecule has 2 N–H and O–H groups in total. The number of hydrogen-bond acceptors (Lipinski definition) is 5. The van der Waals surface area contributed by atoms with Gasteiger partial charge < -0.3 is 34.5 Å². The average molecular weight is 724 g/mol. The second-order valence-corrected chi connectivity index (χ2v) is 15.8. The van der Waals surface area contributed by atoms with Crippen molar-refractivity contribution in [2.75, 3.05) is 38.7 Å². The number of aryl methyl sites for hydroxylation is 1. The Morgan fingerprint density at radius 2 is 1.77 bits per heavy atom. The van der Waals surface area contributed by atoms with E-state index >= 15 is 4.79 Å². The average Bonchev–Trinajstić information content (AvgIpc) is 3.92. The number of nitrogens with zero attached hydrogens (tertiary/aromatic N) is 3. The maximum Gasteiger partial charge on any atom is 0.410 e. The van der Waals surface area contributed by atoms with Crippen molar-refractivity contribution >= 4 is 40.2 Å². The first kappa shape index (κ1) is 38.2. The smallest absolute Gasteiger partial charge is 0.410 e. The van der Waals surface area contributed by atoms with Gasteiger partial charge >= 0.3 is 12.1 Å². The number of amides is 4. The summed E-state index contributed by atoms with van der Waals surface area (Å²) >= 11 is 0. The molecule has 10 heteroatoms. The van der Waals surface area contributed by atoms with Gasteiger partial charge in [0.25, 0.3) is 0 Å². The molecule has 10 nitrogen and oxygen atoms in total. The molecule has 2 unspecified atom stereocenters. The molecule has 2 fully saturated rings. The topological polar surface area (TPSA) is 105 Å². The first-order valence-corrected chi connectivity index (χ1v) is 19.3. The van der Waals surface area contributed by atoms with Crippen LogP contribution in [0, 0.1) is 23.7 Å². The Morgan fingerprint density at radius 1 is 1.02 bits per heavy atom. The summed E-state index contributed by atoms with van der Waals surface area (Å²) in [6.07, 6.45) is 12.0. The fraction of sp³-hybridized carbons (Fsp3) is 0.512. The predicted molar refractivity (Wildman–Crippen MR) is 210 cm³/mol. The van der Waals surface area contributed by atoms with Gasteiger partial charge in [-0.1, -0.05) is 55.5 Å². The Hall–Kier alpha value is -4.57. The van der Waals surface area contributed by atoms with E-state index in [1.165, 1.54) is 16.5 Å². The van der Waals surface area contributed by atoms with Crippen molar-refractivity contribution in [2.24, 2.45) is 23.7 Å². The van der Waals surface area contributed by atoms with Crippen LogP contribution in [0.15, 0.2) is 73.0 Å². The number of rotatable bonds is 12. The lowest BCUT2D eigenvalue weighted by Crippen LogP contribution is -2.53. The third-order valence-corrected chi connectivity index (χ3v) is 10.9. The highest BCUT2D eigenvalue weighted by atomic mass is 16.6. The Morgan fingerprint density at radius 3 is 2.47 bits per heavy atom. The minimum absolute atomic E-state index is 0.0338. The minimum Gasteiger partial charge on any atom is -0.444 e.